The van der Waals surface area contributed by atoms with Gasteiger partial charge in [-0.25, -0.2) is 0 Å². The Kier molecular flexibility index (Phi) is 3.51. The fraction of sp³-hybridized carbons (Fsp3) is 0.364. The van der Waals surface area contributed by atoms with Gasteiger partial charge in [0, 0.05) is 11.6 Å². The monoisotopic (exact) mass is 193 g/mol. The number of carbonyl (C=O) groups is 1. The van der Waals surface area contributed by atoms with Crippen LogP contribution in [0.3, 0.4) is 0 Å². The van der Waals surface area contributed by atoms with Gasteiger partial charge < -0.3 is 15.3 Å². The Labute approximate surface area is 83.9 Å². The van der Waals surface area contributed by atoms with Crippen LogP contribution in [0.2, 0.25) is 0 Å². The number of hydrogen-bond donors (Lipinski definition) is 1. The topological polar surface area (TPSA) is 52.3 Å². The van der Waals surface area contributed by atoms with Crippen molar-refractivity contribution in [3.05, 3.63) is 23.8 Å². The number of nitrogens with two attached hydrogens (primary N) is 1. The predicted molar refractivity (Wildman–Crippen MR) is 56.5 cm³/mol. The maximum Gasteiger partial charge on any atom is 0.127 e. The second-order valence-electron chi connectivity index (χ2n) is 3.15. The molecular weight excluding hydrogens is 178 g/mol. The zero-order chi connectivity index (χ0) is 10.6. The molecule has 3 heteroatoms. The van der Waals surface area contributed by atoms with Crippen molar-refractivity contribution in [3.8, 4) is 5.75 Å². The predicted octanol–water partition coefficient (Wildman–Crippen LogP) is 1.97. The van der Waals surface area contributed by atoms with Crippen LogP contribution in [0.4, 0.5) is 5.69 Å². The average Bonchev–Trinajstić information content (AvgIpc) is 2.20. The Balaban J connectivity index is 3.01. The van der Waals surface area contributed by atoms with Gasteiger partial charge in [0.25, 0.3) is 0 Å². The van der Waals surface area contributed by atoms with E-state index in [4.69, 9.17) is 10.5 Å². The summed E-state index contributed by atoms with van der Waals surface area (Å²) >= 11 is 0. The molecule has 76 valence electrons. The molecule has 0 aromatic heterocycles. The van der Waals surface area contributed by atoms with E-state index in [0.29, 0.717) is 12.3 Å². The first kappa shape index (κ1) is 10.6. The molecule has 3 nitrogen and oxygen atoms in total. The van der Waals surface area contributed by atoms with Gasteiger partial charge in [-0.1, -0.05) is 6.92 Å². The van der Waals surface area contributed by atoms with E-state index in [1.54, 1.807) is 12.1 Å². The lowest BCUT2D eigenvalue weighted by atomic mass is 10.0. The van der Waals surface area contributed by atoms with E-state index in [9.17, 15) is 4.79 Å². The highest BCUT2D eigenvalue weighted by atomic mass is 16.5. The molecule has 0 aliphatic heterocycles. The molecule has 0 aliphatic carbocycles. The van der Waals surface area contributed by atoms with E-state index < -0.39 is 0 Å². The van der Waals surface area contributed by atoms with Crippen molar-refractivity contribution in [2.45, 2.75) is 19.8 Å². The number of rotatable bonds is 4. The molecule has 1 aromatic carbocycles. The SMILES string of the molecule is CCOc1ccc(N)c(C(C)C=O)c1. The van der Waals surface area contributed by atoms with Gasteiger partial charge in [0.1, 0.15) is 12.0 Å². The molecule has 0 bridgehead atoms. The summed E-state index contributed by atoms with van der Waals surface area (Å²) in [6.45, 7) is 4.34. The molecule has 0 saturated carbocycles. The first-order chi connectivity index (χ1) is 6.69. The Morgan fingerprint density at radius 3 is 2.86 bits per heavy atom. The van der Waals surface area contributed by atoms with Crippen LogP contribution in [0.15, 0.2) is 18.2 Å². The first-order valence-electron chi connectivity index (χ1n) is 4.66. The van der Waals surface area contributed by atoms with Gasteiger partial charge in [-0.2, -0.15) is 0 Å². The summed E-state index contributed by atoms with van der Waals surface area (Å²) in [6, 6.07) is 5.39. The second kappa shape index (κ2) is 4.65. The van der Waals surface area contributed by atoms with Gasteiger partial charge in [-0.15, -0.1) is 0 Å². The van der Waals surface area contributed by atoms with Crippen molar-refractivity contribution in [2.75, 3.05) is 12.3 Å². The van der Waals surface area contributed by atoms with E-state index in [-0.39, 0.29) is 5.92 Å². The molecule has 0 aliphatic rings. The summed E-state index contributed by atoms with van der Waals surface area (Å²) in [5, 5.41) is 0. The fourth-order valence-electron chi connectivity index (χ4n) is 1.28. The highest BCUT2D eigenvalue weighted by Crippen LogP contribution is 2.25. The molecule has 0 amide bonds. The lowest BCUT2D eigenvalue weighted by Gasteiger charge is -2.10. The largest absolute Gasteiger partial charge is 0.494 e. The minimum atomic E-state index is -0.185. The van der Waals surface area contributed by atoms with Crippen LogP contribution in [0, 0.1) is 0 Å². The number of hydrogen-bond acceptors (Lipinski definition) is 3. The normalized spacial score (nSPS) is 12.1. The van der Waals surface area contributed by atoms with E-state index >= 15 is 0 Å². The van der Waals surface area contributed by atoms with Gasteiger partial charge in [-0.05, 0) is 30.7 Å². The van der Waals surface area contributed by atoms with E-state index in [2.05, 4.69) is 0 Å². The minimum Gasteiger partial charge on any atom is -0.494 e. The third kappa shape index (κ3) is 2.25. The number of ether oxygens (including phenoxy) is 1. The lowest BCUT2D eigenvalue weighted by molar-refractivity contribution is -0.108. The molecule has 0 saturated heterocycles. The molecule has 1 aromatic rings. The van der Waals surface area contributed by atoms with Crippen LogP contribution < -0.4 is 10.5 Å². The Hall–Kier alpha value is -1.51. The third-order valence-electron chi connectivity index (χ3n) is 2.06. The van der Waals surface area contributed by atoms with E-state index in [0.717, 1.165) is 17.6 Å². The summed E-state index contributed by atoms with van der Waals surface area (Å²) in [5.41, 5.74) is 7.21. The Morgan fingerprint density at radius 1 is 1.57 bits per heavy atom. The van der Waals surface area contributed by atoms with Crippen LogP contribution in [0.1, 0.15) is 25.3 Å². The number of aldehydes is 1. The number of nitrogen functional groups attached to an aromatic ring is 1. The molecule has 1 unspecified atom stereocenters. The highest BCUT2D eigenvalue weighted by molar-refractivity contribution is 5.67. The van der Waals surface area contributed by atoms with Gasteiger partial charge >= 0.3 is 0 Å². The van der Waals surface area contributed by atoms with Crippen LogP contribution in [0.5, 0.6) is 5.75 Å². The van der Waals surface area contributed by atoms with Gasteiger partial charge in [0.15, 0.2) is 0 Å². The molecule has 1 rings (SSSR count). The molecule has 14 heavy (non-hydrogen) atoms. The molecule has 2 N–H and O–H groups in total. The number of benzene rings is 1. The zero-order valence-corrected chi connectivity index (χ0v) is 8.49. The van der Waals surface area contributed by atoms with Crippen LogP contribution in [0.25, 0.3) is 0 Å². The summed E-state index contributed by atoms with van der Waals surface area (Å²) in [5.74, 6) is 0.570. The summed E-state index contributed by atoms with van der Waals surface area (Å²) < 4.78 is 5.32. The van der Waals surface area contributed by atoms with Crippen molar-refractivity contribution in [2.24, 2.45) is 0 Å². The molecule has 0 spiro atoms. The summed E-state index contributed by atoms with van der Waals surface area (Å²) in [4.78, 5) is 10.6. The van der Waals surface area contributed by atoms with Crippen LogP contribution in [-0.4, -0.2) is 12.9 Å². The third-order valence-corrected chi connectivity index (χ3v) is 2.06. The van der Waals surface area contributed by atoms with Crippen LogP contribution >= 0.6 is 0 Å². The summed E-state index contributed by atoms with van der Waals surface area (Å²) in [6.07, 6.45) is 0.876. The maximum absolute atomic E-state index is 10.6. The molecule has 0 radical (unpaired) electrons. The quantitative estimate of drug-likeness (QED) is 0.587. The number of anilines is 1. The highest BCUT2D eigenvalue weighted by Gasteiger charge is 2.08. The van der Waals surface area contributed by atoms with Gasteiger partial charge in [0.2, 0.25) is 0 Å². The molecular formula is C11H15NO2. The van der Waals surface area contributed by atoms with Crippen molar-refractivity contribution < 1.29 is 9.53 Å². The molecule has 0 fully saturated rings. The standard InChI is InChI=1S/C11H15NO2/c1-3-14-9-4-5-11(12)10(6-9)8(2)7-13/h4-8H,3,12H2,1-2H3. The Morgan fingerprint density at radius 2 is 2.29 bits per heavy atom. The summed E-state index contributed by atoms with van der Waals surface area (Å²) in [7, 11) is 0. The van der Waals surface area contributed by atoms with Crippen molar-refractivity contribution in [1.29, 1.82) is 0 Å². The lowest BCUT2D eigenvalue weighted by Crippen LogP contribution is -2.01. The minimum absolute atomic E-state index is 0.185. The fourth-order valence-corrected chi connectivity index (χ4v) is 1.28. The van der Waals surface area contributed by atoms with Crippen molar-refractivity contribution in [3.63, 3.8) is 0 Å². The van der Waals surface area contributed by atoms with Crippen molar-refractivity contribution >= 4 is 12.0 Å². The molecule has 1 atom stereocenters. The van der Waals surface area contributed by atoms with Crippen LogP contribution in [-0.2, 0) is 4.79 Å². The first-order valence-corrected chi connectivity index (χ1v) is 4.66. The zero-order valence-electron chi connectivity index (χ0n) is 8.49. The van der Waals surface area contributed by atoms with Crippen molar-refractivity contribution in [1.82, 2.24) is 0 Å². The Bertz CT molecular complexity index is 323. The smallest absolute Gasteiger partial charge is 0.127 e. The molecule has 0 heterocycles. The number of carbonyl (C=O) groups excluding carboxylic acids is 1. The van der Waals surface area contributed by atoms with Gasteiger partial charge in [0.05, 0.1) is 6.61 Å². The average molecular weight is 193 g/mol. The van der Waals surface area contributed by atoms with Gasteiger partial charge in [-0.3, -0.25) is 0 Å². The second-order valence-corrected chi connectivity index (χ2v) is 3.15. The maximum atomic E-state index is 10.6. The van der Waals surface area contributed by atoms with E-state index in [1.807, 2.05) is 19.9 Å². The van der Waals surface area contributed by atoms with E-state index in [1.165, 1.54) is 0 Å².